The molecule has 2 fully saturated rings. The summed E-state index contributed by atoms with van der Waals surface area (Å²) in [6, 6.07) is 0. The van der Waals surface area contributed by atoms with Gasteiger partial charge in [0.25, 0.3) is 0 Å². The number of terminal acetylenes is 1. The van der Waals surface area contributed by atoms with Gasteiger partial charge in [0.2, 0.25) is 0 Å². The van der Waals surface area contributed by atoms with Crippen LogP contribution in [0.4, 0.5) is 5.82 Å². The van der Waals surface area contributed by atoms with E-state index in [1.54, 1.807) is 0 Å². The van der Waals surface area contributed by atoms with Crippen LogP contribution in [0.3, 0.4) is 0 Å². The van der Waals surface area contributed by atoms with Crippen molar-refractivity contribution >= 4 is 5.82 Å². The smallest absolute Gasteiger partial charge is 0.127 e. The summed E-state index contributed by atoms with van der Waals surface area (Å²) in [5.74, 6) is 6.72. The molecular formula is C18H27N3. The Balaban J connectivity index is 1.90. The quantitative estimate of drug-likeness (QED) is 0.851. The van der Waals surface area contributed by atoms with Crippen LogP contribution in [-0.4, -0.2) is 9.55 Å². The summed E-state index contributed by atoms with van der Waals surface area (Å²) >= 11 is 0. The highest BCUT2D eigenvalue weighted by Crippen LogP contribution is 2.40. The Morgan fingerprint density at radius 1 is 1.14 bits per heavy atom. The SMILES string of the molecule is C#CCn1c(C2CCCC2)nc(C2CCC(C)CC2)c1N. The molecule has 0 aliphatic heterocycles. The van der Waals surface area contributed by atoms with Gasteiger partial charge in [-0.15, -0.1) is 6.42 Å². The predicted octanol–water partition coefficient (Wildman–Crippen LogP) is 4.05. The minimum absolute atomic E-state index is 0.542. The summed E-state index contributed by atoms with van der Waals surface area (Å²) in [4.78, 5) is 5.00. The zero-order valence-electron chi connectivity index (χ0n) is 13.1. The largest absolute Gasteiger partial charge is 0.384 e. The summed E-state index contributed by atoms with van der Waals surface area (Å²) in [5, 5.41) is 0. The molecule has 3 rings (SSSR count). The number of nitrogens with two attached hydrogens (primary N) is 1. The first kappa shape index (κ1) is 14.5. The third-order valence-corrected chi connectivity index (χ3v) is 5.44. The Morgan fingerprint density at radius 3 is 2.43 bits per heavy atom. The molecule has 0 bridgehead atoms. The van der Waals surface area contributed by atoms with E-state index in [4.69, 9.17) is 17.1 Å². The van der Waals surface area contributed by atoms with Crippen molar-refractivity contribution in [3.05, 3.63) is 11.5 Å². The fraction of sp³-hybridized carbons (Fsp3) is 0.722. The van der Waals surface area contributed by atoms with E-state index >= 15 is 0 Å². The maximum Gasteiger partial charge on any atom is 0.127 e. The molecule has 0 unspecified atom stereocenters. The van der Waals surface area contributed by atoms with Crippen LogP contribution in [0.15, 0.2) is 0 Å². The topological polar surface area (TPSA) is 43.8 Å². The molecule has 2 N–H and O–H groups in total. The molecule has 21 heavy (non-hydrogen) atoms. The number of nitrogens with zero attached hydrogens (tertiary/aromatic N) is 2. The van der Waals surface area contributed by atoms with E-state index in [0.717, 1.165) is 23.3 Å². The van der Waals surface area contributed by atoms with E-state index in [9.17, 15) is 0 Å². The highest BCUT2D eigenvalue weighted by atomic mass is 15.1. The monoisotopic (exact) mass is 285 g/mol. The lowest BCUT2D eigenvalue weighted by Crippen LogP contribution is -2.13. The lowest BCUT2D eigenvalue weighted by molar-refractivity contribution is 0.345. The van der Waals surface area contributed by atoms with Crippen molar-refractivity contribution in [2.75, 3.05) is 5.73 Å². The van der Waals surface area contributed by atoms with Gasteiger partial charge in [-0.05, 0) is 31.6 Å². The van der Waals surface area contributed by atoms with E-state index in [1.165, 1.54) is 51.4 Å². The van der Waals surface area contributed by atoms with E-state index < -0.39 is 0 Å². The van der Waals surface area contributed by atoms with Crippen LogP contribution in [0, 0.1) is 18.3 Å². The zero-order valence-corrected chi connectivity index (χ0v) is 13.1. The van der Waals surface area contributed by atoms with Gasteiger partial charge in [0.15, 0.2) is 0 Å². The highest BCUT2D eigenvalue weighted by Gasteiger charge is 2.29. The van der Waals surface area contributed by atoms with Gasteiger partial charge in [0.1, 0.15) is 11.6 Å². The van der Waals surface area contributed by atoms with Crippen molar-refractivity contribution in [2.24, 2.45) is 5.92 Å². The van der Waals surface area contributed by atoms with Gasteiger partial charge in [-0.25, -0.2) is 4.98 Å². The van der Waals surface area contributed by atoms with Crippen molar-refractivity contribution in [1.82, 2.24) is 9.55 Å². The second-order valence-corrected chi connectivity index (χ2v) is 6.97. The Bertz CT molecular complexity index is 523. The number of aromatic nitrogens is 2. The van der Waals surface area contributed by atoms with Crippen molar-refractivity contribution in [3.8, 4) is 12.3 Å². The summed E-state index contributed by atoms with van der Waals surface area (Å²) in [5.41, 5.74) is 7.57. The van der Waals surface area contributed by atoms with Crippen LogP contribution in [0.5, 0.6) is 0 Å². The molecule has 3 heteroatoms. The van der Waals surface area contributed by atoms with Crippen molar-refractivity contribution in [3.63, 3.8) is 0 Å². The fourth-order valence-corrected chi connectivity index (χ4v) is 4.09. The first-order valence-electron chi connectivity index (χ1n) is 8.50. The normalized spacial score (nSPS) is 26.9. The summed E-state index contributed by atoms with van der Waals surface area (Å²) < 4.78 is 2.11. The van der Waals surface area contributed by atoms with E-state index in [1.807, 2.05) is 0 Å². The second kappa shape index (κ2) is 6.13. The Kier molecular flexibility index (Phi) is 4.24. The second-order valence-electron chi connectivity index (χ2n) is 6.97. The number of rotatable bonds is 3. The minimum Gasteiger partial charge on any atom is -0.384 e. The molecule has 2 aliphatic carbocycles. The third-order valence-electron chi connectivity index (χ3n) is 5.44. The number of hydrogen-bond donors (Lipinski definition) is 1. The molecule has 3 nitrogen and oxygen atoms in total. The maximum atomic E-state index is 6.43. The van der Waals surface area contributed by atoms with E-state index in [2.05, 4.69) is 17.4 Å². The van der Waals surface area contributed by atoms with Gasteiger partial charge in [0, 0.05) is 11.8 Å². The number of nitrogen functional groups attached to an aromatic ring is 1. The molecule has 0 spiro atoms. The molecule has 0 aromatic carbocycles. The molecule has 0 amide bonds. The highest BCUT2D eigenvalue weighted by molar-refractivity contribution is 5.42. The van der Waals surface area contributed by atoms with Gasteiger partial charge in [-0.1, -0.05) is 38.5 Å². The number of hydrogen-bond acceptors (Lipinski definition) is 2. The summed E-state index contributed by atoms with van der Waals surface area (Å²) in [7, 11) is 0. The Morgan fingerprint density at radius 2 is 1.81 bits per heavy atom. The van der Waals surface area contributed by atoms with Crippen molar-refractivity contribution < 1.29 is 0 Å². The molecule has 1 heterocycles. The predicted molar refractivity (Wildman–Crippen MR) is 87.1 cm³/mol. The van der Waals surface area contributed by atoms with Crippen LogP contribution in [-0.2, 0) is 6.54 Å². The van der Waals surface area contributed by atoms with Crippen LogP contribution < -0.4 is 5.73 Å². The zero-order chi connectivity index (χ0) is 14.8. The lowest BCUT2D eigenvalue weighted by atomic mass is 9.81. The average Bonchev–Trinajstić information content (AvgIpc) is 3.10. The lowest BCUT2D eigenvalue weighted by Gasteiger charge is -2.25. The molecule has 0 radical (unpaired) electrons. The molecule has 1 aromatic heterocycles. The standard InChI is InChI=1S/C18H27N3/c1-3-12-21-17(19)16(14-10-8-13(2)9-11-14)20-18(21)15-6-4-5-7-15/h1,13-15H,4-12,19H2,2H3. The molecule has 2 saturated carbocycles. The summed E-state index contributed by atoms with van der Waals surface area (Å²) in [6.07, 6.45) is 15.7. The first-order chi connectivity index (χ1) is 10.2. The number of imidazole rings is 1. The van der Waals surface area contributed by atoms with E-state index in [0.29, 0.717) is 18.4 Å². The van der Waals surface area contributed by atoms with Crippen LogP contribution in [0.1, 0.15) is 81.6 Å². The van der Waals surface area contributed by atoms with Crippen LogP contribution in [0.25, 0.3) is 0 Å². The molecular weight excluding hydrogens is 258 g/mol. The molecule has 1 aromatic rings. The first-order valence-corrected chi connectivity index (χ1v) is 8.50. The fourth-order valence-electron chi connectivity index (χ4n) is 4.09. The van der Waals surface area contributed by atoms with E-state index in [-0.39, 0.29) is 0 Å². The van der Waals surface area contributed by atoms with Gasteiger partial charge < -0.3 is 10.3 Å². The Labute approximate surface area is 128 Å². The molecule has 0 atom stereocenters. The minimum atomic E-state index is 0.542. The van der Waals surface area contributed by atoms with Gasteiger partial charge in [-0.3, -0.25) is 0 Å². The number of anilines is 1. The summed E-state index contributed by atoms with van der Waals surface area (Å²) in [6.45, 7) is 2.91. The average molecular weight is 285 g/mol. The third kappa shape index (κ3) is 2.81. The van der Waals surface area contributed by atoms with Crippen LogP contribution >= 0.6 is 0 Å². The van der Waals surface area contributed by atoms with Crippen LogP contribution in [0.2, 0.25) is 0 Å². The van der Waals surface area contributed by atoms with Gasteiger partial charge >= 0.3 is 0 Å². The molecule has 2 aliphatic rings. The van der Waals surface area contributed by atoms with Gasteiger partial charge in [-0.2, -0.15) is 0 Å². The molecule has 0 saturated heterocycles. The van der Waals surface area contributed by atoms with Crippen molar-refractivity contribution in [2.45, 2.75) is 76.7 Å². The van der Waals surface area contributed by atoms with Gasteiger partial charge in [0.05, 0.1) is 12.2 Å². The molecule has 114 valence electrons. The van der Waals surface area contributed by atoms with Crippen molar-refractivity contribution in [1.29, 1.82) is 0 Å². The maximum absolute atomic E-state index is 6.43. The Hall–Kier alpha value is -1.43.